The highest BCUT2D eigenvalue weighted by atomic mass is 28.3. The van der Waals surface area contributed by atoms with Crippen molar-refractivity contribution < 1.29 is 8.85 Å². The van der Waals surface area contributed by atoms with Crippen molar-refractivity contribution in [3.8, 4) is 0 Å². The van der Waals surface area contributed by atoms with Gasteiger partial charge in [-0.3, -0.25) is 0 Å². The van der Waals surface area contributed by atoms with Gasteiger partial charge in [-0.25, -0.2) is 0 Å². The maximum absolute atomic E-state index is 5.54. The van der Waals surface area contributed by atoms with Crippen LogP contribution in [0, 0.1) is 11.8 Å². The normalized spacial score (nSPS) is 20.1. The zero-order chi connectivity index (χ0) is 10.6. The fourth-order valence-corrected chi connectivity index (χ4v) is 4.87. The average Bonchev–Trinajstić information content (AvgIpc) is 2.02. The topological polar surface area (TPSA) is 18.5 Å². The molecule has 0 heterocycles. The molecule has 1 aliphatic rings. The van der Waals surface area contributed by atoms with Gasteiger partial charge in [0.2, 0.25) is 0 Å². The Hall–Kier alpha value is 0.137. The molecule has 0 saturated heterocycles. The minimum absolute atomic E-state index is 0.735. The molecule has 1 fully saturated rings. The second-order valence-electron chi connectivity index (χ2n) is 4.82. The fraction of sp³-hybridized carbons (Fsp3) is 1.00. The van der Waals surface area contributed by atoms with Crippen molar-refractivity contribution in [3.63, 3.8) is 0 Å². The lowest BCUT2D eigenvalue weighted by Gasteiger charge is -2.37. The van der Waals surface area contributed by atoms with Crippen LogP contribution >= 0.6 is 0 Å². The summed E-state index contributed by atoms with van der Waals surface area (Å²) < 4.78 is 11.1. The summed E-state index contributed by atoms with van der Waals surface area (Å²) in [5, 5.41) is 0. The molecule has 1 atom stereocenters. The van der Waals surface area contributed by atoms with E-state index in [0.717, 1.165) is 17.4 Å². The van der Waals surface area contributed by atoms with Crippen LogP contribution in [0.2, 0.25) is 5.54 Å². The van der Waals surface area contributed by atoms with E-state index in [4.69, 9.17) is 8.85 Å². The minimum Gasteiger partial charge on any atom is -0.400 e. The molecule has 0 aromatic carbocycles. The van der Waals surface area contributed by atoms with Gasteiger partial charge in [-0.15, -0.1) is 0 Å². The highest BCUT2D eigenvalue weighted by Gasteiger charge is 2.35. The van der Waals surface area contributed by atoms with E-state index in [1.165, 1.54) is 25.7 Å². The Labute approximate surface area is 89.8 Å². The van der Waals surface area contributed by atoms with Crippen LogP contribution in [0.4, 0.5) is 0 Å². The number of hydrogen-bond donors (Lipinski definition) is 0. The van der Waals surface area contributed by atoms with Gasteiger partial charge in [-0.2, -0.15) is 0 Å². The third-order valence-corrected chi connectivity index (χ3v) is 5.76. The van der Waals surface area contributed by atoms with Crippen molar-refractivity contribution >= 4 is 9.28 Å². The van der Waals surface area contributed by atoms with Crippen molar-refractivity contribution in [3.05, 3.63) is 0 Å². The molecule has 0 N–H and O–H groups in total. The summed E-state index contributed by atoms with van der Waals surface area (Å²) in [5.74, 6) is 1.66. The molecule has 1 rings (SSSR count). The molecule has 3 heteroatoms. The van der Waals surface area contributed by atoms with Crippen molar-refractivity contribution in [1.29, 1.82) is 0 Å². The molecule has 0 amide bonds. The Kier molecular flexibility index (Phi) is 5.13. The molecule has 84 valence electrons. The molecule has 0 aromatic rings. The van der Waals surface area contributed by atoms with E-state index in [1.54, 1.807) is 0 Å². The maximum Gasteiger partial charge on any atom is 0.324 e. The molecule has 0 spiro atoms. The van der Waals surface area contributed by atoms with Crippen LogP contribution in [-0.4, -0.2) is 23.5 Å². The Morgan fingerprint density at radius 2 is 1.79 bits per heavy atom. The molecular formula is C11H24O2Si. The molecule has 1 saturated carbocycles. The van der Waals surface area contributed by atoms with E-state index in [2.05, 4.69) is 13.8 Å². The molecule has 0 radical (unpaired) electrons. The van der Waals surface area contributed by atoms with Crippen LogP contribution in [-0.2, 0) is 8.85 Å². The Morgan fingerprint density at radius 3 is 2.07 bits per heavy atom. The molecule has 0 aromatic heterocycles. The van der Waals surface area contributed by atoms with Crippen LogP contribution in [0.3, 0.4) is 0 Å². The first-order chi connectivity index (χ1) is 6.69. The first-order valence-corrected chi connectivity index (χ1v) is 7.35. The van der Waals surface area contributed by atoms with E-state index < -0.39 is 9.28 Å². The van der Waals surface area contributed by atoms with E-state index in [9.17, 15) is 0 Å². The van der Waals surface area contributed by atoms with Crippen LogP contribution in [0.5, 0.6) is 0 Å². The van der Waals surface area contributed by atoms with E-state index in [1.807, 2.05) is 14.2 Å². The lowest BCUT2D eigenvalue weighted by atomic mass is 9.80. The Bertz CT molecular complexity index is 153. The van der Waals surface area contributed by atoms with Gasteiger partial charge in [0.1, 0.15) is 0 Å². The molecule has 0 aliphatic heterocycles. The first-order valence-electron chi connectivity index (χ1n) is 5.74. The van der Waals surface area contributed by atoms with Crippen LogP contribution in [0.1, 0.15) is 39.5 Å². The predicted octanol–water partition coefficient (Wildman–Crippen LogP) is 2.72. The molecule has 1 unspecified atom stereocenters. The zero-order valence-electron chi connectivity index (χ0n) is 9.95. The Morgan fingerprint density at radius 1 is 1.21 bits per heavy atom. The SMILES string of the molecule is CO[SiH](OC)C(CC(C)C)C1CCC1. The summed E-state index contributed by atoms with van der Waals surface area (Å²) in [4.78, 5) is 0. The van der Waals surface area contributed by atoms with Gasteiger partial charge in [0.05, 0.1) is 0 Å². The minimum atomic E-state index is -1.39. The fourth-order valence-electron chi connectivity index (χ4n) is 2.38. The van der Waals surface area contributed by atoms with Gasteiger partial charge in [0.25, 0.3) is 0 Å². The van der Waals surface area contributed by atoms with Crippen LogP contribution in [0.25, 0.3) is 0 Å². The average molecular weight is 216 g/mol. The molecular weight excluding hydrogens is 192 g/mol. The van der Waals surface area contributed by atoms with Crippen molar-refractivity contribution in [1.82, 2.24) is 0 Å². The molecule has 2 nitrogen and oxygen atoms in total. The third-order valence-electron chi connectivity index (χ3n) is 3.31. The largest absolute Gasteiger partial charge is 0.400 e. The predicted molar refractivity (Wildman–Crippen MR) is 61.7 cm³/mol. The summed E-state index contributed by atoms with van der Waals surface area (Å²) in [5.41, 5.74) is 0.735. The van der Waals surface area contributed by atoms with E-state index >= 15 is 0 Å². The quantitative estimate of drug-likeness (QED) is 0.636. The van der Waals surface area contributed by atoms with Gasteiger partial charge < -0.3 is 8.85 Å². The number of rotatable bonds is 6. The van der Waals surface area contributed by atoms with Gasteiger partial charge in [0, 0.05) is 19.8 Å². The zero-order valence-corrected chi connectivity index (χ0v) is 11.1. The van der Waals surface area contributed by atoms with Gasteiger partial charge in [0.15, 0.2) is 0 Å². The standard InChI is InChI=1S/C11H24O2Si/c1-9(2)8-11(10-6-5-7-10)14(12-3)13-4/h9-11,14H,5-8H2,1-4H3. The number of hydrogen-bond acceptors (Lipinski definition) is 2. The third kappa shape index (κ3) is 3.07. The molecule has 1 aliphatic carbocycles. The van der Waals surface area contributed by atoms with Crippen LogP contribution < -0.4 is 0 Å². The van der Waals surface area contributed by atoms with Gasteiger partial charge in [-0.05, 0) is 18.3 Å². The summed E-state index contributed by atoms with van der Waals surface area (Å²) in [7, 11) is 2.24. The molecule has 0 bridgehead atoms. The Balaban J connectivity index is 2.49. The van der Waals surface area contributed by atoms with E-state index in [0.29, 0.717) is 0 Å². The van der Waals surface area contributed by atoms with Gasteiger partial charge in [-0.1, -0.05) is 33.1 Å². The smallest absolute Gasteiger partial charge is 0.324 e. The van der Waals surface area contributed by atoms with Gasteiger partial charge >= 0.3 is 9.28 Å². The van der Waals surface area contributed by atoms with E-state index in [-0.39, 0.29) is 0 Å². The summed E-state index contributed by atoms with van der Waals surface area (Å²) >= 11 is 0. The highest BCUT2D eigenvalue weighted by molar-refractivity contribution is 6.46. The second kappa shape index (κ2) is 5.88. The summed E-state index contributed by atoms with van der Waals surface area (Å²) in [6.07, 6.45) is 5.48. The highest BCUT2D eigenvalue weighted by Crippen LogP contribution is 2.42. The monoisotopic (exact) mass is 216 g/mol. The second-order valence-corrected chi connectivity index (χ2v) is 7.36. The first kappa shape index (κ1) is 12.2. The van der Waals surface area contributed by atoms with Crippen LogP contribution in [0.15, 0.2) is 0 Å². The molecule has 14 heavy (non-hydrogen) atoms. The summed E-state index contributed by atoms with van der Waals surface area (Å²) in [6, 6.07) is 0. The lowest BCUT2D eigenvalue weighted by molar-refractivity contribution is 0.201. The summed E-state index contributed by atoms with van der Waals surface area (Å²) in [6.45, 7) is 4.59. The lowest BCUT2D eigenvalue weighted by Crippen LogP contribution is -2.35. The maximum atomic E-state index is 5.54. The van der Waals surface area contributed by atoms with Crippen molar-refractivity contribution in [2.45, 2.75) is 45.1 Å². The van der Waals surface area contributed by atoms with Crippen molar-refractivity contribution in [2.75, 3.05) is 14.2 Å². The van der Waals surface area contributed by atoms with Crippen molar-refractivity contribution in [2.24, 2.45) is 11.8 Å².